The Hall–Kier alpha value is 0.490. The summed E-state index contributed by atoms with van der Waals surface area (Å²) in [5.41, 5.74) is -4.01. The van der Waals surface area contributed by atoms with Crippen LogP contribution in [0.1, 0.15) is 0 Å². The molecule has 0 fully saturated rings. The first kappa shape index (κ1) is 9.49. The van der Waals surface area contributed by atoms with E-state index in [2.05, 4.69) is 0 Å². The zero-order valence-electron chi connectivity index (χ0n) is 5.45. The molecule has 0 nitrogen and oxygen atoms in total. The molecule has 0 spiro atoms. The van der Waals surface area contributed by atoms with Crippen LogP contribution >= 0.6 is 19.9 Å². The molecule has 0 aromatic heterocycles. The molecule has 0 aromatic rings. The van der Waals surface area contributed by atoms with E-state index in [0.29, 0.717) is 0 Å². The second-order valence-corrected chi connectivity index (χ2v) is 8.61. The Morgan fingerprint density at radius 1 is 1.22 bits per heavy atom. The monoisotopic (exact) mass is 178 g/mol. The SMILES string of the molecule is CSS(C)(C)C(F)(F)F. The number of hydrogen-bond donors (Lipinski definition) is 0. The van der Waals surface area contributed by atoms with Crippen LogP contribution in [0.15, 0.2) is 0 Å². The second-order valence-electron chi connectivity index (χ2n) is 1.85. The first-order valence-electron chi connectivity index (χ1n) is 2.16. The van der Waals surface area contributed by atoms with Crippen LogP contribution in [0.3, 0.4) is 0 Å². The van der Waals surface area contributed by atoms with Crippen LogP contribution in [0, 0.1) is 0 Å². The Bertz CT molecular complexity index is 96.5. The highest BCUT2D eigenvalue weighted by Gasteiger charge is 2.42. The maximum Gasteiger partial charge on any atom is 0.433 e. The fraction of sp³-hybridized carbons (Fsp3) is 1.00. The van der Waals surface area contributed by atoms with Crippen LogP contribution in [0.25, 0.3) is 0 Å². The van der Waals surface area contributed by atoms with Gasteiger partial charge in [-0.1, -0.05) is 0 Å². The molecule has 0 bridgehead atoms. The normalized spacial score (nSPS) is 15.8. The van der Waals surface area contributed by atoms with Gasteiger partial charge in [0.15, 0.2) is 0 Å². The molecule has 0 radical (unpaired) electrons. The molecule has 0 amide bonds. The molecule has 0 unspecified atom stereocenters. The zero-order chi connectivity index (χ0) is 7.71. The van der Waals surface area contributed by atoms with Crippen molar-refractivity contribution in [3.8, 4) is 0 Å². The Morgan fingerprint density at radius 3 is 1.56 bits per heavy atom. The summed E-state index contributed by atoms with van der Waals surface area (Å²) in [7, 11) is -1.53. The topological polar surface area (TPSA) is 0 Å². The van der Waals surface area contributed by atoms with Gasteiger partial charge in [0.25, 0.3) is 0 Å². The Balaban J connectivity index is 4.14. The van der Waals surface area contributed by atoms with E-state index in [1.54, 1.807) is 0 Å². The average molecular weight is 178 g/mol. The third-order valence-electron chi connectivity index (χ3n) is 0.974. The molecule has 9 heavy (non-hydrogen) atoms. The lowest BCUT2D eigenvalue weighted by Crippen LogP contribution is -2.14. The van der Waals surface area contributed by atoms with Gasteiger partial charge in [0.1, 0.15) is 0 Å². The van der Waals surface area contributed by atoms with E-state index in [9.17, 15) is 13.2 Å². The van der Waals surface area contributed by atoms with Crippen LogP contribution in [0.4, 0.5) is 13.2 Å². The van der Waals surface area contributed by atoms with E-state index >= 15 is 0 Å². The van der Waals surface area contributed by atoms with Gasteiger partial charge in [0.2, 0.25) is 0 Å². The Morgan fingerprint density at radius 2 is 1.56 bits per heavy atom. The van der Waals surface area contributed by atoms with Gasteiger partial charge in [-0.05, 0) is 18.8 Å². The number of hydrogen-bond acceptors (Lipinski definition) is 1. The molecule has 0 aromatic carbocycles. The highest BCUT2D eigenvalue weighted by atomic mass is 33.2. The third kappa shape index (κ3) is 2.29. The van der Waals surface area contributed by atoms with E-state index in [1.807, 2.05) is 0 Å². The first-order valence-corrected chi connectivity index (χ1v) is 6.35. The van der Waals surface area contributed by atoms with E-state index in [-0.39, 0.29) is 0 Å². The number of alkyl halides is 3. The maximum atomic E-state index is 11.8. The van der Waals surface area contributed by atoms with Gasteiger partial charge in [-0.15, -0.1) is 19.9 Å². The van der Waals surface area contributed by atoms with E-state index in [0.717, 1.165) is 10.8 Å². The molecular formula is C4H9F3S2. The van der Waals surface area contributed by atoms with Crippen molar-refractivity contribution < 1.29 is 13.2 Å². The van der Waals surface area contributed by atoms with Crippen LogP contribution in [0.5, 0.6) is 0 Å². The highest BCUT2D eigenvalue weighted by Crippen LogP contribution is 2.64. The fourth-order valence-electron chi connectivity index (χ4n) is 0.0945. The summed E-state index contributed by atoms with van der Waals surface area (Å²) in [5, 5.41) is 0. The van der Waals surface area contributed by atoms with Crippen molar-refractivity contribution in [3.63, 3.8) is 0 Å². The standard InChI is InChI=1S/C4H9F3S2/c1-8-9(2,3)4(5,6)7/h1-3H3. The van der Waals surface area contributed by atoms with Crippen LogP contribution in [-0.2, 0) is 0 Å². The first-order chi connectivity index (χ1) is 3.81. The molecule has 0 saturated heterocycles. The lowest BCUT2D eigenvalue weighted by molar-refractivity contribution is -0.0354. The smallest absolute Gasteiger partial charge is 0.161 e. The van der Waals surface area contributed by atoms with Gasteiger partial charge in [0.05, 0.1) is 0 Å². The number of rotatable bonds is 1. The minimum absolute atomic E-state index is 0.892. The van der Waals surface area contributed by atoms with Crippen molar-refractivity contribution in [1.82, 2.24) is 0 Å². The predicted molar refractivity (Wildman–Crippen MR) is 39.0 cm³/mol. The largest absolute Gasteiger partial charge is 0.433 e. The molecule has 0 aliphatic rings. The second kappa shape index (κ2) is 2.62. The van der Waals surface area contributed by atoms with Gasteiger partial charge in [-0.3, -0.25) is 0 Å². The fourth-order valence-corrected chi connectivity index (χ4v) is 0.850. The minimum atomic E-state index is -4.01. The lowest BCUT2D eigenvalue weighted by Gasteiger charge is -2.30. The van der Waals surface area contributed by atoms with Gasteiger partial charge in [0, 0.05) is 0 Å². The summed E-state index contributed by atoms with van der Waals surface area (Å²) in [5.74, 6) is 0. The molecule has 0 heterocycles. The van der Waals surface area contributed by atoms with Crippen molar-refractivity contribution >= 4 is 19.9 Å². The molecule has 0 N–H and O–H groups in total. The summed E-state index contributed by atoms with van der Waals surface area (Å²) in [6, 6.07) is 0. The Kier molecular flexibility index (Phi) is 2.76. The molecule has 0 aliphatic heterocycles. The van der Waals surface area contributed by atoms with Crippen molar-refractivity contribution in [3.05, 3.63) is 0 Å². The quantitative estimate of drug-likeness (QED) is 0.556. The predicted octanol–water partition coefficient (Wildman–Crippen LogP) is 2.85. The van der Waals surface area contributed by atoms with Gasteiger partial charge in [-0.25, -0.2) is 0 Å². The van der Waals surface area contributed by atoms with Crippen LogP contribution < -0.4 is 0 Å². The molecule has 0 saturated carbocycles. The molecule has 0 rings (SSSR count). The number of halogens is 3. The summed E-state index contributed by atoms with van der Waals surface area (Å²) >= 11 is 0. The van der Waals surface area contributed by atoms with Crippen molar-refractivity contribution in [2.75, 3.05) is 18.8 Å². The van der Waals surface area contributed by atoms with Crippen LogP contribution in [0.2, 0.25) is 0 Å². The summed E-state index contributed by atoms with van der Waals surface area (Å²) in [6.45, 7) is 0. The summed E-state index contributed by atoms with van der Waals surface area (Å²) in [6.07, 6.45) is 3.98. The maximum absolute atomic E-state index is 11.8. The highest BCUT2D eigenvalue weighted by molar-refractivity contribution is 8.93. The van der Waals surface area contributed by atoms with Gasteiger partial charge in [-0.2, -0.15) is 13.2 Å². The van der Waals surface area contributed by atoms with Crippen molar-refractivity contribution in [2.45, 2.75) is 5.51 Å². The Labute approximate surface area is 57.9 Å². The van der Waals surface area contributed by atoms with E-state index in [4.69, 9.17) is 0 Å². The molecule has 0 atom stereocenters. The van der Waals surface area contributed by atoms with Gasteiger partial charge < -0.3 is 0 Å². The molecule has 58 valence electrons. The third-order valence-corrected chi connectivity index (χ3v) is 5.99. The van der Waals surface area contributed by atoms with Gasteiger partial charge >= 0.3 is 5.51 Å². The zero-order valence-corrected chi connectivity index (χ0v) is 7.08. The van der Waals surface area contributed by atoms with E-state index < -0.39 is 14.6 Å². The molecular weight excluding hydrogens is 169 g/mol. The van der Waals surface area contributed by atoms with Crippen molar-refractivity contribution in [2.24, 2.45) is 0 Å². The van der Waals surface area contributed by atoms with Crippen molar-refractivity contribution in [1.29, 1.82) is 0 Å². The molecule has 0 aliphatic carbocycles. The molecule has 5 heteroatoms. The lowest BCUT2D eigenvalue weighted by atomic mass is 11.5. The minimum Gasteiger partial charge on any atom is -0.161 e. The summed E-state index contributed by atoms with van der Waals surface area (Å²) < 4.78 is 35.5. The summed E-state index contributed by atoms with van der Waals surface area (Å²) in [4.78, 5) is 0. The van der Waals surface area contributed by atoms with Crippen LogP contribution in [-0.4, -0.2) is 24.3 Å². The van der Waals surface area contributed by atoms with E-state index in [1.165, 1.54) is 18.8 Å². The average Bonchev–Trinajstić information content (AvgIpc) is 1.64.